The third-order valence-electron chi connectivity index (χ3n) is 7.81. The van der Waals surface area contributed by atoms with Gasteiger partial charge in [-0.05, 0) is 77.9 Å². The summed E-state index contributed by atoms with van der Waals surface area (Å²) in [5, 5.41) is 7.36. The molecule has 1 aromatic heterocycles. The zero-order valence-electron chi connectivity index (χ0n) is 20.5. The predicted octanol–water partition coefficient (Wildman–Crippen LogP) is 3.47. The van der Waals surface area contributed by atoms with E-state index < -0.39 is 0 Å². The van der Waals surface area contributed by atoms with Gasteiger partial charge in [0.15, 0.2) is 5.96 Å². The third-order valence-corrected chi connectivity index (χ3v) is 7.81. The Hall–Kier alpha value is -1.60. The molecular weight excluding hydrogens is 400 g/mol. The van der Waals surface area contributed by atoms with Crippen molar-refractivity contribution in [2.75, 3.05) is 39.8 Å². The normalized spacial score (nSPS) is 25.2. The Morgan fingerprint density at radius 3 is 2.50 bits per heavy atom. The summed E-state index contributed by atoms with van der Waals surface area (Å²) in [7, 11) is 1.90. The molecule has 4 rings (SSSR count). The lowest BCUT2D eigenvalue weighted by atomic mass is 9.92. The summed E-state index contributed by atoms with van der Waals surface area (Å²) < 4.78 is 5.76. The Balaban J connectivity index is 1.16. The van der Waals surface area contributed by atoms with Crippen LogP contribution in [0.1, 0.15) is 75.1 Å². The lowest BCUT2D eigenvalue weighted by molar-refractivity contribution is 0.115. The molecule has 180 valence electrons. The highest BCUT2D eigenvalue weighted by Gasteiger charge is 2.27. The minimum Gasteiger partial charge on any atom is -0.444 e. The van der Waals surface area contributed by atoms with E-state index in [1.165, 1.54) is 70.9 Å². The van der Waals surface area contributed by atoms with Gasteiger partial charge in [0.25, 0.3) is 0 Å². The molecule has 0 bridgehead atoms. The molecule has 0 aromatic carbocycles. The topological polar surface area (TPSA) is 68.9 Å². The van der Waals surface area contributed by atoms with Crippen molar-refractivity contribution in [2.45, 2.75) is 90.3 Å². The van der Waals surface area contributed by atoms with Crippen LogP contribution >= 0.6 is 0 Å². The molecule has 1 aromatic rings. The number of likely N-dealkylation sites (tertiary alicyclic amines) is 2. The van der Waals surface area contributed by atoms with Crippen LogP contribution in [0.3, 0.4) is 0 Å². The number of aromatic nitrogens is 1. The second kappa shape index (κ2) is 11.5. The highest BCUT2D eigenvalue weighted by molar-refractivity contribution is 5.80. The molecule has 2 aliphatic heterocycles. The van der Waals surface area contributed by atoms with Crippen molar-refractivity contribution >= 4 is 5.96 Å². The summed E-state index contributed by atoms with van der Waals surface area (Å²) in [4.78, 5) is 14.3. The summed E-state index contributed by atoms with van der Waals surface area (Å²) in [5.74, 6) is 3.48. The van der Waals surface area contributed by atoms with Gasteiger partial charge in [0.1, 0.15) is 5.76 Å². The van der Waals surface area contributed by atoms with Crippen molar-refractivity contribution in [3.63, 3.8) is 0 Å². The Bertz CT molecular complexity index is 713. The number of aliphatic imine (C=N–C) groups is 1. The van der Waals surface area contributed by atoms with Gasteiger partial charge < -0.3 is 15.1 Å². The van der Waals surface area contributed by atoms with Crippen molar-refractivity contribution in [3.05, 3.63) is 17.3 Å². The number of hydrogen-bond acceptors (Lipinski definition) is 5. The summed E-state index contributed by atoms with van der Waals surface area (Å²) in [5.41, 5.74) is 1.01. The fourth-order valence-electron chi connectivity index (χ4n) is 5.68. The van der Waals surface area contributed by atoms with Crippen molar-refractivity contribution in [1.82, 2.24) is 25.4 Å². The Morgan fingerprint density at radius 2 is 1.81 bits per heavy atom. The fraction of sp³-hybridized carbons (Fsp3) is 0.840. The third kappa shape index (κ3) is 6.47. The number of oxazole rings is 1. The molecule has 7 nitrogen and oxygen atoms in total. The van der Waals surface area contributed by atoms with E-state index in [4.69, 9.17) is 4.42 Å². The van der Waals surface area contributed by atoms with E-state index in [9.17, 15) is 0 Å². The maximum Gasteiger partial charge on any atom is 0.208 e. The number of aryl methyl sites for hydroxylation is 2. The highest BCUT2D eigenvalue weighted by atomic mass is 16.4. The van der Waals surface area contributed by atoms with Gasteiger partial charge in [-0.2, -0.15) is 0 Å². The van der Waals surface area contributed by atoms with Crippen LogP contribution in [-0.4, -0.2) is 72.6 Å². The second-order valence-electron chi connectivity index (χ2n) is 10.2. The van der Waals surface area contributed by atoms with Crippen LogP contribution < -0.4 is 10.6 Å². The highest BCUT2D eigenvalue weighted by Crippen LogP contribution is 2.25. The molecule has 3 aliphatic rings. The number of rotatable bonds is 6. The zero-order valence-corrected chi connectivity index (χ0v) is 20.5. The quantitative estimate of drug-likeness (QED) is 0.517. The molecule has 7 heteroatoms. The molecule has 2 N–H and O–H groups in total. The first kappa shape index (κ1) is 23.6. The van der Waals surface area contributed by atoms with Gasteiger partial charge in [0, 0.05) is 32.2 Å². The molecule has 1 aliphatic carbocycles. The Kier molecular flexibility index (Phi) is 8.47. The van der Waals surface area contributed by atoms with E-state index in [-0.39, 0.29) is 0 Å². The summed E-state index contributed by atoms with van der Waals surface area (Å²) >= 11 is 0. The van der Waals surface area contributed by atoms with E-state index in [1.54, 1.807) is 0 Å². The van der Waals surface area contributed by atoms with Gasteiger partial charge in [0.05, 0.1) is 12.2 Å². The van der Waals surface area contributed by atoms with Gasteiger partial charge in [-0.3, -0.25) is 14.8 Å². The van der Waals surface area contributed by atoms with E-state index >= 15 is 0 Å². The van der Waals surface area contributed by atoms with Crippen molar-refractivity contribution in [1.29, 1.82) is 0 Å². The monoisotopic (exact) mass is 444 g/mol. The maximum atomic E-state index is 5.76. The largest absolute Gasteiger partial charge is 0.444 e. The molecule has 3 fully saturated rings. The first-order valence-corrected chi connectivity index (χ1v) is 13.0. The van der Waals surface area contributed by atoms with Crippen LogP contribution in [0, 0.1) is 19.8 Å². The van der Waals surface area contributed by atoms with Gasteiger partial charge >= 0.3 is 0 Å². The van der Waals surface area contributed by atoms with E-state index in [0.29, 0.717) is 12.0 Å². The average molecular weight is 445 g/mol. The van der Waals surface area contributed by atoms with Crippen molar-refractivity contribution < 1.29 is 4.42 Å². The minimum atomic E-state index is 0.520. The van der Waals surface area contributed by atoms with Gasteiger partial charge in [-0.25, -0.2) is 4.98 Å². The molecule has 0 spiro atoms. The van der Waals surface area contributed by atoms with Crippen LogP contribution in [0.2, 0.25) is 0 Å². The van der Waals surface area contributed by atoms with Gasteiger partial charge in [-0.1, -0.05) is 19.3 Å². The number of nitrogens with one attached hydrogen (secondary N) is 2. The average Bonchev–Trinajstić information content (AvgIpc) is 3.14. The molecular formula is C25H44N6O. The molecule has 1 atom stereocenters. The zero-order chi connectivity index (χ0) is 22.3. The standard InChI is InChI=1S/C25H44N6O/c1-19-20(2)32-24(28-19)18-30-14-11-21(12-15-30)16-27-25(26-3)29-22-8-7-13-31(17-22)23-9-5-4-6-10-23/h21-23H,4-18H2,1-3H3,(H2,26,27,29). The first-order chi connectivity index (χ1) is 15.6. The van der Waals surface area contributed by atoms with Gasteiger partial charge in [-0.15, -0.1) is 0 Å². The van der Waals surface area contributed by atoms with E-state index in [1.807, 2.05) is 20.9 Å². The summed E-state index contributed by atoms with van der Waals surface area (Å²) in [6.45, 7) is 10.5. The van der Waals surface area contributed by atoms with E-state index in [2.05, 4.69) is 30.4 Å². The second-order valence-corrected chi connectivity index (χ2v) is 10.2. The summed E-state index contributed by atoms with van der Waals surface area (Å²) in [6, 6.07) is 1.34. The maximum absolute atomic E-state index is 5.76. The molecule has 32 heavy (non-hydrogen) atoms. The van der Waals surface area contributed by atoms with Crippen LogP contribution in [0.15, 0.2) is 9.41 Å². The van der Waals surface area contributed by atoms with Crippen LogP contribution in [0.4, 0.5) is 0 Å². The summed E-state index contributed by atoms with van der Waals surface area (Å²) in [6.07, 6.45) is 12.0. The van der Waals surface area contributed by atoms with E-state index in [0.717, 1.165) is 55.5 Å². The SMILES string of the molecule is CN=C(NCC1CCN(Cc2nc(C)c(C)o2)CC1)NC1CCCN(C2CCCCC2)C1. The number of hydrogen-bond donors (Lipinski definition) is 2. The molecule has 1 saturated carbocycles. The first-order valence-electron chi connectivity index (χ1n) is 13.0. The molecule has 2 saturated heterocycles. The molecule has 0 radical (unpaired) electrons. The Labute approximate surface area is 194 Å². The lowest BCUT2D eigenvalue weighted by Gasteiger charge is -2.40. The van der Waals surface area contributed by atoms with Crippen LogP contribution in [0.5, 0.6) is 0 Å². The Morgan fingerprint density at radius 1 is 1.03 bits per heavy atom. The van der Waals surface area contributed by atoms with Crippen LogP contribution in [-0.2, 0) is 6.54 Å². The van der Waals surface area contributed by atoms with Crippen molar-refractivity contribution in [2.24, 2.45) is 10.9 Å². The molecule has 0 amide bonds. The van der Waals surface area contributed by atoms with Crippen molar-refractivity contribution in [3.8, 4) is 0 Å². The minimum absolute atomic E-state index is 0.520. The number of guanidine groups is 1. The molecule has 3 heterocycles. The smallest absolute Gasteiger partial charge is 0.208 e. The lowest BCUT2D eigenvalue weighted by Crippen LogP contribution is -2.54. The van der Waals surface area contributed by atoms with Crippen LogP contribution in [0.25, 0.3) is 0 Å². The molecule has 1 unspecified atom stereocenters. The number of piperidine rings is 2. The predicted molar refractivity (Wildman–Crippen MR) is 130 cm³/mol. The van der Waals surface area contributed by atoms with Gasteiger partial charge in [0.2, 0.25) is 5.89 Å². The fourth-order valence-corrected chi connectivity index (χ4v) is 5.68. The number of nitrogens with zero attached hydrogens (tertiary/aromatic N) is 4.